The molecule has 1 aromatic carbocycles. The summed E-state index contributed by atoms with van der Waals surface area (Å²) in [7, 11) is 1.74. The average Bonchev–Trinajstić information content (AvgIpc) is 2.59. The number of benzene rings is 1. The number of alkyl halides is 1. The summed E-state index contributed by atoms with van der Waals surface area (Å²) in [6.07, 6.45) is -3.58. The second-order valence-electron chi connectivity index (χ2n) is 6.53. The fourth-order valence-corrected chi connectivity index (χ4v) is 2.17. The van der Waals surface area contributed by atoms with E-state index in [1.54, 1.807) is 59.0 Å². The van der Waals surface area contributed by atoms with Gasteiger partial charge in [0, 0.05) is 24.7 Å². The first kappa shape index (κ1) is 22.4. The molecule has 2 atom stereocenters. The van der Waals surface area contributed by atoms with E-state index in [1.165, 1.54) is 0 Å². The average molecular weight is 382 g/mol. The Morgan fingerprint density at radius 3 is 1.96 bits per heavy atom. The molecule has 150 valence electrons. The van der Waals surface area contributed by atoms with Crippen LogP contribution in [0.25, 0.3) is 0 Å². The number of esters is 2. The second kappa shape index (κ2) is 10.5. The Hall–Kier alpha value is -2.64. The van der Waals surface area contributed by atoms with Gasteiger partial charge in [0.15, 0.2) is 6.17 Å². The van der Waals surface area contributed by atoms with Crippen LogP contribution in [0.15, 0.2) is 24.3 Å². The van der Waals surface area contributed by atoms with E-state index in [0.29, 0.717) is 0 Å². The maximum atomic E-state index is 14.2. The molecule has 1 amide bonds. The van der Waals surface area contributed by atoms with Gasteiger partial charge in [0.2, 0.25) is 0 Å². The summed E-state index contributed by atoms with van der Waals surface area (Å²) in [5, 5.41) is 5.35. The number of carbonyl (C=O) groups is 3. The van der Waals surface area contributed by atoms with Crippen LogP contribution in [0.1, 0.15) is 44.5 Å². The van der Waals surface area contributed by atoms with Crippen LogP contribution in [0.3, 0.4) is 0 Å². The van der Waals surface area contributed by atoms with Crippen molar-refractivity contribution in [2.24, 2.45) is 0 Å². The molecule has 0 aliphatic heterocycles. The van der Waals surface area contributed by atoms with Gasteiger partial charge in [-0.25, -0.2) is 14.0 Å². The number of hydrogen-bond acceptors (Lipinski definition) is 6. The van der Waals surface area contributed by atoms with E-state index in [2.05, 4.69) is 10.6 Å². The summed E-state index contributed by atoms with van der Waals surface area (Å²) in [4.78, 5) is 36.3. The van der Waals surface area contributed by atoms with E-state index in [-0.39, 0.29) is 5.56 Å². The van der Waals surface area contributed by atoms with Gasteiger partial charge in [-0.15, -0.1) is 0 Å². The molecule has 1 rings (SSSR count). The molecule has 7 nitrogen and oxygen atoms in total. The molecule has 0 fully saturated rings. The monoisotopic (exact) mass is 382 g/mol. The Labute approximate surface area is 158 Å². The quantitative estimate of drug-likeness (QED) is 0.637. The molecule has 0 aliphatic carbocycles. The third-order valence-electron chi connectivity index (χ3n) is 3.43. The molecule has 0 aromatic heterocycles. The molecular weight excluding hydrogens is 355 g/mol. The van der Waals surface area contributed by atoms with Gasteiger partial charge in [-0.1, -0.05) is 0 Å². The summed E-state index contributed by atoms with van der Waals surface area (Å²) in [6.45, 7) is 6.44. The summed E-state index contributed by atoms with van der Waals surface area (Å²) >= 11 is 0. The van der Waals surface area contributed by atoms with E-state index < -0.39 is 48.7 Å². The number of amides is 1. The molecule has 1 aromatic rings. The van der Waals surface area contributed by atoms with Gasteiger partial charge in [-0.3, -0.25) is 4.79 Å². The minimum absolute atomic E-state index is 0.288. The maximum Gasteiger partial charge on any atom is 0.341 e. The van der Waals surface area contributed by atoms with Gasteiger partial charge in [-0.05, 0) is 52.0 Å². The lowest BCUT2D eigenvalue weighted by atomic mass is 10.1. The highest BCUT2D eigenvalue weighted by Gasteiger charge is 2.31. The first-order valence-electron chi connectivity index (χ1n) is 8.77. The van der Waals surface area contributed by atoms with Crippen LogP contribution in [-0.2, 0) is 19.1 Å². The topological polar surface area (TPSA) is 93.7 Å². The standard InChI is InChI=1S/C19H27FN2O5/c1-11(2)26-18(24)15(20)10-16(19(25)27-12(3)4)22-17(23)13-6-8-14(21-5)9-7-13/h6-9,11-12,15-16,21H,10H2,1-5H3,(H,22,23)/t15-,16+/m1/s1. The van der Waals surface area contributed by atoms with Crippen molar-refractivity contribution in [3.05, 3.63) is 29.8 Å². The highest BCUT2D eigenvalue weighted by molar-refractivity contribution is 5.97. The van der Waals surface area contributed by atoms with Crippen LogP contribution < -0.4 is 10.6 Å². The zero-order chi connectivity index (χ0) is 20.6. The van der Waals surface area contributed by atoms with Gasteiger partial charge in [0.1, 0.15) is 6.04 Å². The molecule has 27 heavy (non-hydrogen) atoms. The van der Waals surface area contributed by atoms with Crippen LogP contribution >= 0.6 is 0 Å². The van der Waals surface area contributed by atoms with Crippen molar-refractivity contribution in [3.8, 4) is 0 Å². The minimum atomic E-state index is -2.07. The van der Waals surface area contributed by atoms with Crippen molar-refractivity contribution in [3.63, 3.8) is 0 Å². The maximum absolute atomic E-state index is 14.2. The SMILES string of the molecule is CNc1ccc(C(=O)N[C@@H](C[C@@H](F)C(=O)OC(C)C)C(=O)OC(C)C)cc1. The first-order chi connectivity index (χ1) is 12.6. The zero-order valence-electron chi connectivity index (χ0n) is 16.2. The number of ether oxygens (including phenoxy) is 2. The Kier molecular flexibility index (Phi) is 8.71. The molecule has 8 heteroatoms. The molecule has 0 aliphatic rings. The van der Waals surface area contributed by atoms with Crippen LogP contribution in [0.2, 0.25) is 0 Å². The Morgan fingerprint density at radius 1 is 0.963 bits per heavy atom. The minimum Gasteiger partial charge on any atom is -0.461 e. The number of hydrogen-bond donors (Lipinski definition) is 2. The Morgan fingerprint density at radius 2 is 1.48 bits per heavy atom. The number of anilines is 1. The van der Waals surface area contributed by atoms with Crippen molar-refractivity contribution in [2.45, 2.75) is 58.5 Å². The summed E-state index contributed by atoms with van der Waals surface area (Å²) in [5.74, 6) is -2.47. The third-order valence-corrected chi connectivity index (χ3v) is 3.43. The van der Waals surface area contributed by atoms with E-state index >= 15 is 0 Å². The summed E-state index contributed by atoms with van der Waals surface area (Å²) in [5.41, 5.74) is 1.10. The highest BCUT2D eigenvalue weighted by Crippen LogP contribution is 2.12. The lowest BCUT2D eigenvalue weighted by molar-refractivity contribution is -0.155. The molecule has 0 radical (unpaired) electrons. The van der Waals surface area contributed by atoms with E-state index in [0.717, 1.165) is 5.69 Å². The number of rotatable bonds is 9. The highest BCUT2D eigenvalue weighted by atomic mass is 19.1. The van der Waals surface area contributed by atoms with Crippen molar-refractivity contribution in [1.29, 1.82) is 0 Å². The predicted molar refractivity (Wildman–Crippen MR) is 99.2 cm³/mol. The van der Waals surface area contributed by atoms with Gasteiger partial charge >= 0.3 is 11.9 Å². The smallest absolute Gasteiger partial charge is 0.341 e. The molecule has 0 saturated carbocycles. The molecule has 0 bridgehead atoms. The van der Waals surface area contributed by atoms with E-state index in [4.69, 9.17) is 9.47 Å². The van der Waals surface area contributed by atoms with Crippen molar-refractivity contribution >= 4 is 23.5 Å². The van der Waals surface area contributed by atoms with Crippen molar-refractivity contribution in [2.75, 3.05) is 12.4 Å². The molecule has 0 spiro atoms. The van der Waals surface area contributed by atoms with Crippen LogP contribution in [0, 0.1) is 0 Å². The second-order valence-corrected chi connectivity index (χ2v) is 6.53. The van der Waals surface area contributed by atoms with Gasteiger partial charge in [-0.2, -0.15) is 0 Å². The number of nitrogens with one attached hydrogen (secondary N) is 2. The van der Waals surface area contributed by atoms with Crippen molar-refractivity contribution in [1.82, 2.24) is 5.32 Å². The van der Waals surface area contributed by atoms with Crippen LogP contribution in [0.5, 0.6) is 0 Å². The fraction of sp³-hybridized carbons (Fsp3) is 0.526. The predicted octanol–water partition coefficient (Wildman–Crippen LogP) is 2.46. The molecule has 2 N–H and O–H groups in total. The van der Waals surface area contributed by atoms with Crippen LogP contribution in [0.4, 0.5) is 10.1 Å². The van der Waals surface area contributed by atoms with Gasteiger partial charge in [0.25, 0.3) is 5.91 Å². The molecule has 0 heterocycles. The Bertz CT molecular complexity index is 646. The normalized spacial score (nSPS) is 13.0. The largest absolute Gasteiger partial charge is 0.461 e. The lowest BCUT2D eigenvalue weighted by Gasteiger charge is -2.21. The van der Waals surface area contributed by atoms with E-state index in [9.17, 15) is 18.8 Å². The van der Waals surface area contributed by atoms with Crippen molar-refractivity contribution < 1.29 is 28.2 Å². The first-order valence-corrected chi connectivity index (χ1v) is 8.77. The van der Waals surface area contributed by atoms with Crippen LogP contribution in [-0.4, -0.2) is 49.3 Å². The summed E-state index contributed by atoms with van der Waals surface area (Å²) < 4.78 is 24.1. The zero-order valence-corrected chi connectivity index (χ0v) is 16.2. The number of carbonyl (C=O) groups excluding carboxylic acids is 3. The lowest BCUT2D eigenvalue weighted by Crippen LogP contribution is -2.45. The Balaban J connectivity index is 2.88. The molecule has 0 saturated heterocycles. The van der Waals surface area contributed by atoms with E-state index in [1.807, 2.05) is 0 Å². The number of halogens is 1. The molecule has 0 unspecified atom stereocenters. The third kappa shape index (κ3) is 7.64. The fourth-order valence-electron chi connectivity index (χ4n) is 2.17. The summed E-state index contributed by atoms with van der Waals surface area (Å²) in [6, 6.07) is 5.18. The molecular formula is C19H27FN2O5. The van der Waals surface area contributed by atoms with Gasteiger partial charge < -0.3 is 20.1 Å². The van der Waals surface area contributed by atoms with Gasteiger partial charge in [0.05, 0.1) is 12.2 Å².